The van der Waals surface area contributed by atoms with Crippen LogP contribution in [0, 0.1) is 5.92 Å². The number of alkyl halides is 1. The van der Waals surface area contributed by atoms with Crippen LogP contribution in [0.2, 0.25) is 0 Å². The van der Waals surface area contributed by atoms with E-state index in [9.17, 15) is 5.11 Å². The van der Waals surface area contributed by atoms with Crippen molar-refractivity contribution in [2.45, 2.75) is 38.2 Å². The molecule has 0 bridgehead atoms. The molecule has 0 aliphatic heterocycles. The first-order valence-corrected chi connectivity index (χ1v) is 4.60. The van der Waals surface area contributed by atoms with E-state index in [4.69, 9.17) is 11.6 Å². The minimum atomic E-state index is -0.0775. The van der Waals surface area contributed by atoms with Crippen molar-refractivity contribution in [3.05, 3.63) is 0 Å². The Balaban J connectivity index is 1.91. The van der Waals surface area contributed by atoms with Gasteiger partial charge in [0.1, 0.15) is 0 Å². The molecule has 1 unspecified atom stereocenters. The summed E-state index contributed by atoms with van der Waals surface area (Å²) >= 11 is 5.49. The lowest BCUT2D eigenvalue weighted by Gasteiger charge is -2.06. The van der Waals surface area contributed by atoms with Crippen molar-refractivity contribution in [3.8, 4) is 0 Å². The second-order valence-corrected chi connectivity index (χ2v) is 3.54. The summed E-state index contributed by atoms with van der Waals surface area (Å²) in [7, 11) is 0. The Morgan fingerprint density at radius 1 is 1.50 bits per heavy atom. The molecular weight excluding hydrogens is 148 g/mol. The van der Waals surface area contributed by atoms with Crippen LogP contribution in [0.3, 0.4) is 0 Å². The fourth-order valence-corrected chi connectivity index (χ4v) is 1.32. The average Bonchev–Trinajstić information content (AvgIpc) is 2.67. The van der Waals surface area contributed by atoms with Gasteiger partial charge in [0.25, 0.3) is 0 Å². The van der Waals surface area contributed by atoms with Crippen LogP contribution in [0.1, 0.15) is 32.1 Å². The van der Waals surface area contributed by atoms with E-state index < -0.39 is 0 Å². The molecule has 0 heterocycles. The Labute approximate surface area is 67.4 Å². The van der Waals surface area contributed by atoms with Gasteiger partial charge in [0.05, 0.1) is 6.10 Å². The van der Waals surface area contributed by atoms with E-state index >= 15 is 0 Å². The van der Waals surface area contributed by atoms with Gasteiger partial charge >= 0.3 is 0 Å². The van der Waals surface area contributed by atoms with E-state index in [-0.39, 0.29) is 6.10 Å². The molecule has 1 N–H and O–H groups in total. The fraction of sp³-hybridized carbons (Fsp3) is 1.00. The number of halogens is 1. The Bertz CT molecular complexity index is 91.3. The topological polar surface area (TPSA) is 20.2 Å². The third-order valence-electron chi connectivity index (χ3n) is 1.97. The van der Waals surface area contributed by atoms with Gasteiger partial charge in [-0.25, -0.2) is 0 Å². The zero-order chi connectivity index (χ0) is 7.40. The van der Waals surface area contributed by atoms with Gasteiger partial charge < -0.3 is 5.11 Å². The SMILES string of the molecule is OC(CCCCl)CC1CC1. The predicted molar refractivity (Wildman–Crippen MR) is 43.3 cm³/mol. The summed E-state index contributed by atoms with van der Waals surface area (Å²) in [5.41, 5.74) is 0. The first-order valence-electron chi connectivity index (χ1n) is 4.07. The molecular formula is C8H15ClO. The van der Waals surface area contributed by atoms with Gasteiger partial charge in [0.15, 0.2) is 0 Å². The summed E-state index contributed by atoms with van der Waals surface area (Å²) in [6.45, 7) is 0. The summed E-state index contributed by atoms with van der Waals surface area (Å²) in [5, 5.41) is 9.33. The van der Waals surface area contributed by atoms with E-state index in [0.29, 0.717) is 5.88 Å². The van der Waals surface area contributed by atoms with Crippen LogP contribution < -0.4 is 0 Å². The maximum Gasteiger partial charge on any atom is 0.0543 e. The molecule has 0 radical (unpaired) electrons. The van der Waals surface area contributed by atoms with Crippen LogP contribution in [0.4, 0.5) is 0 Å². The molecule has 1 fully saturated rings. The third-order valence-corrected chi connectivity index (χ3v) is 2.24. The Morgan fingerprint density at radius 2 is 2.20 bits per heavy atom. The molecule has 1 aliphatic carbocycles. The number of aliphatic hydroxyl groups excluding tert-OH is 1. The quantitative estimate of drug-likeness (QED) is 0.615. The van der Waals surface area contributed by atoms with Gasteiger partial charge in [0, 0.05) is 5.88 Å². The smallest absolute Gasteiger partial charge is 0.0543 e. The van der Waals surface area contributed by atoms with Crippen LogP contribution in [0.25, 0.3) is 0 Å². The van der Waals surface area contributed by atoms with Crippen molar-refractivity contribution in [3.63, 3.8) is 0 Å². The normalized spacial score (nSPS) is 21.0. The molecule has 0 aromatic heterocycles. The molecule has 0 amide bonds. The zero-order valence-corrected chi connectivity index (χ0v) is 6.98. The maximum atomic E-state index is 9.33. The lowest BCUT2D eigenvalue weighted by molar-refractivity contribution is 0.147. The van der Waals surface area contributed by atoms with Gasteiger partial charge in [-0.2, -0.15) is 0 Å². The van der Waals surface area contributed by atoms with Crippen LogP contribution in [0.5, 0.6) is 0 Å². The Hall–Kier alpha value is 0.250. The largest absolute Gasteiger partial charge is 0.393 e. The van der Waals surface area contributed by atoms with E-state index in [1.165, 1.54) is 12.8 Å². The van der Waals surface area contributed by atoms with Crippen LogP contribution in [0.15, 0.2) is 0 Å². The first kappa shape index (κ1) is 8.35. The number of rotatable bonds is 5. The first-order chi connectivity index (χ1) is 4.83. The van der Waals surface area contributed by atoms with Crippen molar-refractivity contribution < 1.29 is 5.11 Å². The van der Waals surface area contributed by atoms with E-state index in [0.717, 1.165) is 25.2 Å². The van der Waals surface area contributed by atoms with Crippen LogP contribution >= 0.6 is 11.6 Å². The summed E-state index contributed by atoms with van der Waals surface area (Å²) < 4.78 is 0. The summed E-state index contributed by atoms with van der Waals surface area (Å²) in [5.74, 6) is 1.52. The average molecular weight is 163 g/mol. The molecule has 0 spiro atoms. The molecule has 60 valence electrons. The van der Waals surface area contributed by atoms with Gasteiger partial charge in [-0.3, -0.25) is 0 Å². The molecule has 0 saturated heterocycles. The summed E-state index contributed by atoms with van der Waals surface area (Å²) in [4.78, 5) is 0. The third kappa shape index (κ3) is 3.43. The minimum absolute atomic E-state index is 0.0775. The summed E-state index contributed by atoms with van der Waals surface area (Å²) in [6.07, 6.45) is 5.44. The predicted octanol–water partition coefficient (Wildman–Crippen LogP) is 2.17. The second-order valence-electron chi connectivity index (χ2n) is 3.16. The molecule has 10 heavy (non-hydrogen) atoms. The molecule has 0 aromatic carbocycles. The highest BCUT2D eigenvalue weighted by Crippen LogP contribution is 2.34. The van der Waals surface area contributed by atoms with Crippen molar-refractivity contribution in [2.75, 3.05) is 5.88 Å². The fourth-order valence-electron chi connectivity index (χ4n) is 1.17. The van der Waals surface area contributed by atoms with E-state index in [1.807, 2.05) is 0 Å². The van der Waals surface area contributed by atoms with Gasteiger partial charge in [-0.05, 0) is 25.2 Å². The highest BCUT2D eigenvalue weighted by molar-refractivity contribution is 6.17. The second kappa shape index (κ2) is 4.20. The van der Waals surface area contributed by atoms with Crippen LogP contribution in [-0.4, -0.2) is 17.1 Å². The minimum Gasteiger partial charge on any atom is -0.393 e. The molecule has 1 saturated carbocycles. The molecule has 1 nitrogen and oxygen atoms in total. The maximum absolute atomic E-state index is 9.33. The summed E-state index contributed by atoms with van der Waals surface area (Å²) in [6, 6.07) is 0. The molecule has 1 atom stereocenters. The lowest BCUT2D eigenvalue weighted by atomic mass is 10.1. The van der Waals surface area contributed by atoms with E-state index in [1.54, 1.807) is 0 Å². The van der Waals surface area contributed by atoms with Gasteiger partial charge in [-0.1, -0.05) is 12.8 Å². The monoisotopic (exact) mass is 162 g/mol. The Morgan fingerprint density at radius 3 is 2.70 bits per heavy atom. The van der Waals surface area contributed by atoms with Crippen molar-refractivity contribution in [1.82, 2.24) is 0 Å². The number of aliphatic hydroxyl groups is 1. The molecule has 2 heteroatoms. The standard InChI is InChI=1S/C8H15ClO/c9-5-1-2-8(10)6-7-3-4-7/h7-8,10H,1-6H2. The highest BCUT2D eigenvalue weighted by atomic mass is 35.5. The van der Waals surface area contributed by atoms with Gasteiger partial charge in [0.2, 0.25) is 0 Å². The van der Waals surface area contributed by atoms with E-state index in [2.05, 4.69) is 0 Å². The number of hydrogen-bond acceptors (Lipinski definition) is 1. The van der Waals surface area contributed by atoms with Crippen molar-refractivity contribution in [2.24, 2.45) is 5.92 Å². The molecule has 1 rings (SSSR count). The van der Waals surface area contributed by atoms with Crippen molar-refractivity contribution >= 4 is 11.6 Å². The zero-order valence-electron chi connectivity index (χ0n) is 6.22. The Kier molecular flexibility index (Phi) is 3.50. The van der Waals surface area contributed by atoms with Crippen molar-refractivity contribution in [1.29, 1.82) is 0 Å². The highest BCUT2D eigenvalue weighted by Gasteiger charge is 2.23. The van der Waals surface area contributed by atoms with Crippen LogP contribution in [-0.2, 0) is 0 Å². The van der Waals surface area contributed by atoms with Gasteiger partial charge in [-0.15, -0.1) is 11.6 Å². The lowest BCUT2D eigenvalue weighted by Crippen LogP contribution is -2.07. The molecule has 0 aromatic rings. The molecule has 1 aliphatic rings. The number of hydrogen-bond donors (Lipinski definition) is 1.